The Balaban J connectivity index is 1.82. The molecule has 0 radical (unpaired) electrons. The smallest absolute Gasteiger partial charge is 0.150 e. The van der Waals surface area contributed by atoms with Gasteiger partial charge in [-0.2, -0.15) is 0 Å². The molecular weight excluding hydrogens is 452 g/mol. The van der Waals surface area contributed by atoms with Crippen LogP contribution in [0.15, 0.2) is 16.6 Å². The highest BCUT2D eigenvalue weighted by Crippen LogP contribution is 2.37. The van der Waals surface area contributed by atoms with Crippen LogP contribution in [-0.2, 0) is 0 Å². The molecule has 3 heterocycles. The molecule has 0 atom stereocenters. The highest BCUT2D eigenvalue weighted by Gasteiger charge is 2.26. The molecule has 1 aliphatic rings. The van der Waals surface area contributed by atoms with Crippen LogP contribution >= 0.6 is 15.9 Å². The highest BCUT2D eigenvalue weighted by atomic mass is 79.9. The third-order valence-corrected chi connectivity index (χ3v) is 7.27. The first-order chi connectivity index (χ1) is 14.8. The number of aryl methyl sites for hydroxylation is 4. The number of anilines is 1. The number of aliphatic hydroxyl groups is 1. The van der Waals surface area contributed by atoms with Crippen LogP contribution in [0, 0.1) is 40.5 Å². The van der Waals surface area contributed by atoms with Crippen LogP contribution in [0.5, 0.6) is 0 Å². The second-order valence-electron chi connectivity index (χ2n) is 9.02. The fourth-order valence-corrected chi connectivity index (χ4v) is 5.81. The van der Waals surface area contributed by atoms with Gasteiger partial charge in [-0.1, -0.05) is 15.9 Å². The number of benzene rings is 1. The summed E-state index contributed by atoms with van der Waals surface area (Å²) in [6, 6.07) is 4.35. The van der Waals surface area contributed by atoms with Gasteiger partial charge in [0, 0.05) is 29.9 Å². The quantitative estimate of drug-likeness (QED) is 0.503. The van der Waals surface area contributed by atoms with Crippen molar-refractivity contribution in [3.63, 3.8) is 0 Å². The molecule has 5 nitrogen and oxygen atoms in total. The Morgan fingerprint density at radius 3 is 2.29 bits per heavy atom. The third-order valence-electron chi connectivity index (χ3n) is 6.81. The second-order valence-corrected chi connectivity index (χ2v) is 9.94. The van der Waals surface area contributed by atoms with Gasteiger partial charge in [0.2, 0.25) is 0 Å². The van der Waals surface area contributed by atoms with Crippen molar-refractivity contribution < 1.29 is 5.11 Å². The van der Waals surface area contributed by atoms with Crippen LogP contribution in [0.1, 0.15) is 53.9 Å². The van der Waals surface area contributed by atoms with Crippen molar-refractivity contribution in [3.8, 4) is 5.69 Å². The summed E-state index contributed by atoms with van der Waals surface area (Å²) in [4.78, 5) is 12.3. The summed E-state index contributed by atoms with van der Waals surface area (Å²) in [5, 5.41) is 10.3. The minimum atomic E-state index is 0.298. The summed E-state index contributed by atoms with van der Waals surface area (Å²) in [6.45, 7) is 13.1. The number of aliphatic hydroxyl groups excluding tert-OH is 1. The average molecular weight is 485 g/mol. The number of nitrogens with zero attached hydrogens (tertiary/aromatic N) is 4. The van der Waals surface area contributed by atoms with E-state index >= 15 is 0 Å². The van der Waals surface area contributed by atoms with Crippen LogP contribution in [-0.4, -0.2) is 39.3 Å². The Labute approximate surface area is 193 Å². The van der Waals surface area contributed by atoms with Gasteiger partial charge >= 0.3 is 0 Å². The molecule has 1 saturated heterocycles. The lowest BCUT2D eigenvalue weighted by atomic mass is 9.92. The van der Waals surface area contributed by atoms with E-state index in [0.717, 1.165) is 60.5 Å². The molecule has 0 unspecified atom stereocenters. The van der Waals surface area contributed by atoms with Crippen LogP contribution < -0.4 is 4.90 Å². The molecule has 1 N–H and O–H groups in total. The number of hydrogen-bond acceptors (Lipinski definition) is 4. The van der Waals surface area contributed by atoms with E-state index in [1.807, 2.05) is 6.92 Å². The van der Waals surface area contributed by atoms with E-state index < -0.39 is 0 Å². The number of piperidine rings is 1. The van der Waals surface area contributed by atoms with E-state index in [0.29, 0.717) is 12.5 Å². The molecule has 3 aromatic rings. The lowest BCUT2D eigenvalue weighted by Gasteiger charge is -2.33. The van der Waals surface area contributed by atoms with Gasteiger partial charge < -0.3 is 10.0 Å². The Morgan fingerprint density at radius 2 is 1.68 bits per heavy atom. The fraction of sp³-hybridized carbons (Fsp3) is 0.520. The molecule has 0 amide bonds. The molecule has 0 spiro atoms. The summed E-state index contributed by atoms with van der Waals surface area (Å²) in [5.41, 5.74) is 7.17. The molecule has 1 aromatic carbocycles. The maximum atomic E-state index is 9.15. The Morgan fingerprint density at radius 1 is 1.03 bits per heavy atom. The van der Waals surface area contributed by atoms with Gasteiger partial charge in [-0.25, -0.2) is 9.97 Å². The van der Waals surface area contributed by atoms with Gasteiger partial charge in [-0.15, -0.1) is 0 Å². The topological polar surface area (TPSA) is 54.2 Å². The molecule has 6 heteroatoms. The van der Waals surface area contributed by atoms with Crippen molar-refractivity contribution in [2.75, 3.05) is 24.6 Å². The summed E-state index contributed by atoms with van der Waals surface area (Å²) in [6.07, 6.45) is 4.36. The van der Waals surface area contributed by atoms with E-state index in [1.165, 1.54) is 33.5 Å². The molecule has 0 bridgehead atoms. The first-order valence-corrected chi connectivity index (χ1v) is 12.1. The zero-order valence-corrected chi connectivity index (χ0v) is 20.9. The van der Waals surface area contributed by atoms with Gasteiger partial charge in [-0.05, 0) is 95.0 Å². The van der Waals surface area contributed by atoms with Crippen molar-refractivity contribution in [2.45, 2.75) is 60.3 Å². The van der Waals surface area contributed by atoms with Gasteiger partial charge in [0.15, 0.2) is 5.65 Å². The van der Waals surface area contributed by atoms with Crippen LogP contribution in [0.2, 0.25) is 0 Å². The molecule has 1 fully saturated rings. The first kappa shape index (κ1) is 22.3. The van der Waals surface area contributed by atoms with Crippen molar-refractivity contribution in [1.29, 1.82) is 0 Å². The third kappa shape index (κ3) is 4.12. The van der Waals surface area contributed by atoms with E-state index in [1.54, 1.807) is 0 Å². The van der Waals surface area contributed by atoms with Gasteiger partial charge in [0.25, 0.3) is 0 Å². The van der Waals surface area contributed by atoms with E-state index in [4.69, 9.17) is 15.1 Å². The molecule has 4 rings (SSSR count). The minimum Gasteiger partial charge on any atom is -0.396 e. The average Bonchev–Trinajstić information content (AvgIpc) is 2.96. The predicted octanol–water partition coefficient (Wildman–Crippen LogP) is 5.71. The van der Waals surface area contributed by atoms with Crippen molar-refractivity contribution in [3.05, 3.63) is 44.8 Å². The highest BCUT2D eigenvalue weighted by molar-refractivity contribution is 9.10. The monoisotopic (exact) mass is 484 g/mol. The number of hydrogen-bond donors (Lipinski definition) is 1. The molecule has 31 heavy (non-hydrogen) atoms. The minimum absolute atomic E-state index is 0.298. The number of rotatable bonds is 5. The summed E-state index contributed by atoms with van der Waals surface area (Å²) < 4.78 is 3.43. The zero-order chi connectivity index (χ0) is 22.3. The van der Waals surface area contributed by atoms with Crippen molar-refractivity contribution in [2.24, 2.45) is 5.92 Å². The fourth-order valence-electron chi connectivity index (χ4n) is 5.12. The summed E-state index contributed by atoms with van der Waals surface area (Å²) in [7, 11) is 0. The van der Waals surface area contributed by atoms with E-state index in [-0.39, 0.29) is 0 Å². The summed E-state index contributed by atoms with van der Waals surface area (Å²) in [5.74, 6) is 2.60. The standard InChI is InChI=1S/C25H33BrN4O/c1-15-13-21(26)14-16(2)23(15)30-18(4)17(3)22-24(27-19(5)28-25(22)30)29-10-8-20(9-11-29)7-6-12-31/h13-14,20,31H,6-12H2,1-5H3. The maximum Gasteiger partial charge on any atom is 0.150 e. The SMILES string of the molecule is Cc1nc(N2CCC(CCCO)CC2)c2c(C)c(C)n(-c3c(C)cc(Br)cc3C)c2n1. The first-order valence-electron chi connectivity index (χ1n) is 11.3. The molecule has 0 aliphatic carbocycles. The lowest BCUT2D eigenvalue weighted by Crippen LogP contribution is -2.34. The summed E-state index contributed by atoms with van der Waals surface area (Å²) >= 11 is 3.63. The number of fused-ring (bicyclic) bond motifs is 1. The molecule has 166 valence electrons. The molecule has 0 saturated carbocycles. The molecule has 2 aromatic heterocycles. The van der Waals surface area contributed by atoms with Gasteiger partial charge in [0.1, 0.15) is 11.6 Å². The lowest BCUT2D eigenvalue weighted by molar-refractivity contribution is 0.261. The van der Waals surface area contributed by atoms with Crippen LogP contribution in [0.3, 0.4) is 0 Å². The zero-order valence-electron chi connectivity index (χ0n) is 19.3. The Hall–Kier alpha value is -1.92. The number of aromatic nitrogens is 3. The predicted molar refractivity (Wildman–Crippen MR) is 132 cm³/mol. The van der Waals surface area contributed by atoms with Crippen LogP contribution in [0.4, 0.5) is 5.82 Å². The van der Waals surface area contributed by atoms with Crippen molar-refractivity contribution in [1.82, 2.24) is 14.5 Å². The maximum absolute atomic E-state index is 9.15. The Kier molecular flexibility index (Phi) is 6.40. The van der Waals surface area contributed by atoms with Gasteiger partial charge in [-0.3, -0.25) is 4.57 Å². The second kappa shape index (κ2) is 8.91. The largest absolute Gasteiger partial charge is 0.396 e. The molecular formula is C25H33BrN4O. The van der Waals surface area contributed by atoms with E-state index in [9.17, 15) is 0 Å². The van der Waals surface area contributed by atoms with Crippen molar-refractivity contribution >= 4 is 32.8 Å². The van der Waals surface area contributed by atoms with E-state index in [2.05, 4.69) is 65.2 Å². The Bertz CT molecular complexity index is 1090. The molecule has 1 aliphatic heterocycles. The number of halogens is 1. The van der Waals surface area contributed by atoms with Gasteiger partial charge in [0.05, 0.1) is 11.1 Å². The normalized spacial score (nSPS) is 15.3. The van der Waals surface area contributed by atoms with Crippen LogP contribution in [0.25, 0.3) is 16.7 Å².